The van der Waals surface area contributed by atoms with Crippen molar-refractivity contribution in [3.8, 4) is 0 Å². The summed E-state index contributed by atoms with van der Waals surface area (Å²) in [5.41, 5.74) is 8.05. The summed E-state index contributed by atoms with van der Waals surface area (Å²) in [7, 11) is 0. The zero-order chi connectivity index (χ0) is 18.4. The molecule has 2 atom stereocenters. The number of hydrogen-bond donors (Lipinski definition) is 1. The second-order valence-electron chi connectivity index (χ2n) is 6.58. The summed E-state index contributed by atoms with van der Waals surface area (Å²) in [6, 6.07) is 18.0. The van der Waals surface area contributed by atoms with Gasteiger partial charge < -0.3 is 15.4 Å². The molecule has 1 saturated heterocycles. The second-order valence-corrected chi connectivity index (χ2v) is 6.58. The minimum Gasteiger partial charge on any atom is -0.459 e. The summed E-state index contributed by atoms with van der Waals surface area (Å²) in [5.74, 6) is -0.542. The van der Waals surface area contributed by atoms with E-state index in [9.17, 15) is 9.59 Å². The average Bonchev–Trinajstić information content (AvgIpc) is 3.17. The van der Waals surface area contributed by atoms with E-state index in [1.807, 2.05) is 60.7 Å². The summed E-state index contributed by atoms with van der Waals surface area (Å²) in [5, 5.41) is 0. The van der Waals surface area contributed by atoms with Crippen LogP contribution in [0.5, 0.6) is 0 Å². The molecule has 0 unspecified atom stereocenters. The fraction of sp³-hybridized carbons (Fsp3) is 0.333. The first kappa shape index (κ1) is 20.9. The first-order valence-electron chi connectivity index (χ1n) is 8.95. The highest BCUT2D eigenvalue weighted by molar-refractivity contribution is 5.88. The average molecular weight is 389 g/mol. The summed E-state index contributed by atoms with van der Waals surface area (Å²) < 4.78 is 5.42. The Morgan fingerprint density at radius 1 is 1.04 bits per heavy atom. The number of benzene rings is 2. The monoisotopic (exact) mass is 388 g/mol. The Balaban J connectivity index is 0.00000261. The van der Waals surface area contributed by atoms with Gasteiger partial charge in [0.1, 0.15) is 12.6 Å². The third kappa shape index (κ3) is 5.55. The van der Waals surface area contributed by atoms with Gasteiger partial charge in [-0.25, -0.2) is 4.79 Å². The third-order valence-electron chi connectivity index (χ3n) is 4.65. The number of ether oxygens (including phenoxy) is 1. The van der Waals surface area contributed by atoms with Crippen LogP contribution >= 0.6 is 12.4 Å². The van der Waals surface area contributed by atoms with Gasteiger partial charge >= 0.3 is 5.97 Å². The predicted molar refractivity (Wildman–Crippen MR) is 106 cm³/mol. The van der Waals surface area contributed by atoms with E-state index < -0.39 is 12.1 Å². The molecule has 0 radical (unpaired) electrons. The highest BCUT2D eigenvalue weighted by Gasteiger charge is 2.37. The predicted octanol–water partition coefficient (Wildman–Crippen LogP) is 2.71. The van der Waals surface area contributed by atoms with E-state index in [4.69, 9.17) is 10.5 Å². The molecule has 2 N–H and O–H groups in total. The van der Waals surface area contributed by atoms with Crippen molar-refractivity contribution in [1.82, 2.24) is 4.90 Å². The highest BCUT2D eigenvalue weighted by atomic mass is 35.5. The van der Waals surface area contributed by atoms with E-state index in [0.717, 1.165) is 17.5 Å². The van der Waals surface area contributed by atoms with Crippen LogP contribution in [0.2, 0.25) is 0 Å². The zero-order valence-corrected chi connectivity index (χ0v) is 15.9. The fourth-order valence-electron chi connectivity index (χ4n) is 3.27. The van der Waals surface area contributed by atoms with Gasteiger partial charge in [0, 0.05) is 6.54 Å². The molecule has 6 heteroatoms. The van der Waals surface area contributed by atoms with Crippen LogP contribution in [-0.4, -0.2) is 35.4 Å². The molecule has 2 aromatic carbocycles. The molecule has 5 nitrogen and oxygen atoms in total. The van der Waals surface area contributed by atoms with Crippen LogP contribution < -0.4 is 5.73 Å². The van der Waals surface area contributed by atoms with E-state index in [1.165, 1.54) is 0 Å². The SMILES string of the molecule is Cl.N[C@@H](Cc1ccccc1)C(=O)N1CCC[C@@H]1C(=O)OCc1ccccc1. The molecule has 0 aliphatic carbocycles. The number of carbonyl (C=O) groups excluding carboxylic acids is 2. The lowest BCUT2D eigenvalue weighted by Gasteiger charge is -2.26. The molecule has 144 valence electrons. The molecule has 27 heavy (non-hydrogen) atoms. The number of rotatable bonds is 6. The van der Waals surface area contributed by atoms with Gasteiger partial charge in [0.2, 0.25) is 5.91 Å². The van der Waals surface area contributed by atoms with Crippen molar-refractivity contribution in [3.63, 3.8) is 0 Å². The molecule has 0 bridgehead atoms. The molecule has 1 heterocycles. The molecule has 0 saturated carbocycles. The Morgan fingerprint density at radius 2 is 1.63 bits per heavy atom. The summed E-state index contributed by atoms with van der Waals surface area (Å²) in [4.78, 5) is 26.8. The maximum absolute atomic E-state index is 12.7. The molecule has 1 aliphatic heterocycles. The van der Waals surface area contributed by atoms with E-state index >= 15 is 0 Å². The molecule has 0 aromatic heterocycles. The zero-order valence-electron chi connectivity index (χ0n) is 15.1. The van der Waals surface area contributed by atoms with Gasteiger partial charge in [-0.05, 0) is 30.4 Å². The lowest BCUT2D eigenvalue weighted by atomic mass is 10.1. The standard InChI is InChI=1S/C21H24N2O3.ClH/c22-18(14-16-8-3-1-4-9-16)20(24)23-13-7-12-19(23)21(25)26-15-17-10-5-2-6-11-17;/h1-6,8-11,18-19H,7,12-15,22H2;1H/t18-,19+;/m0./s1. The number of hydrogen-bond acceptors (Lipinski definition) is 4. The molecule has 1 amide bonds. The Bertz CT molecular complexity index is 740. The Morgan fingerprint density at radius 3 is 2.26 bits per heavy atom. The van der Waals surface area contributed by atoms with Gasteiger partial charge in [0.05, 0.1) is 6.04 Å². The summed E-state index contributed by atoms with van der Waals surface area (Å²) >= 11 is 0. The van der Waals surface area contributed by atoms with Gasteiger partial charge in [-0.2, -0.15) is 0 Å². The molecule has 1 aliphatic rings. The number of likely N-dealkylation sites (tertiary alicyclic amines) is 1. The van der Waals surface area contributed by atoms with E-state index in [1.54, 1.807) is 4.90 Å². The van der Waals surface area contributed by atoms with Crippen molar-refractivity contribution >= 4 is 24.3 Å². The number of halogens is 1. The smallest absolute Gasteiger partial charge is 0.329 e. The van der Waals surface area contributed by atoms with Crippen molar-refractivity contribution in [2.45, 2.75) is 38.0 Å². The van der Waals surface area contributed by atoms with Gasteiger partial charge in [-0.15, -0.1) is 12.4 Å². The van der Waals surface area contributed by atoms with Crippen LogP contribution in [0.15, 0.2) is 60.7 Å². The van der Waals surface area contributed by atoms with Crippen LogP contribution in [0, 0.1) is 0 Å². The Kier molecular flexibility index (Phi) is 7.82. The number of esters is 1. The number of nitrogens with two attached hydrogens (primary N) is 1. The van der Waals surface area contributed by atoms with Crippen molar-refractivity contribution in [2.24, 2.45) is 5.73 Å². The summed E-state index contributed by atoms with van der Waals surface area (Å²) in [6.07, 6.45) is 1.87. The van der Waals surface area contributed by atoms with Gasteiger partial charge in [0.25, 0.3) is 0 Å². The first-order chi connectivity index (χ1) is 12.6. The lowest BCUT2D eigenvalue weighted by molar-refractivity contribution is -0.154. The highest BCUT2D eigenvalue weighted by Crippen LogP contribution is 2.20. The van der Waals surface area contributed by atoms with Crippen molar-refractivity contribution in [1.29, 1.82) is 0 Å². The number of amides is 1. The Labute approximate surface area is 165 Å². The van der Waals surface area contributed by atoms with Crippen LogP contribution in [-0.2, 0) is 27.4 Å². The minimum atomic E-state index is -0.653. The van der Waals surface area contributed by atoms with Gasteiger partial charge in [0.15, 0.2) is 0 Å². The molecule has 1 fully saturated rings. The number of nitrogens with zero attached hydrogens (tertiary/aromatic N) is 1. The first-order valence-corrected chi connectivity index (χ1v) is 8.95. The third-order valence-corrected chi connectivity index (χ3v) is 4.65. The molecular weight excluding hydrogens is 364 g/mol. The summed E-state index contributed by atoms with van der Waals surface area (Å²) in [6.45, 7) is 0.765. The van der Waals surface area contributed by atoms with Crippen LogP contribution in [0.1, 0.15) is 24.0 Å². The lowest BCUT2D eigenvalue weighted by Crippen LogP contribution is -2.49. The van der Waals surface area contributed by atoms with E-state index in [0.29, 0.717) is 19.4 Å². The van der Waals surface area contributed by atoms with Crippen molar-refractivity contribution in [3.05, 3.63) is 71.8 Å². The minimum absolute atomic E-state index is 0. The van der Waals surface area contributed by atoms with E-state index in [2.05, 4.69) is 0 Å². The van der Waals surface area contributed by atoms with E-state index in [-0.39, 0.29) is 30.9 Å². The fourth-order valence-corrected chi connectivity index (χ4v) is 3.27. The molecule has 2 aromatic rings. The Hall–Kier alpha value is -2.37. The van der Waals surface area contributed by atoms with Gasteiger partial charge in [-0.3, -0.25) is 4.79 Å². The normalized spacial score (nSPS) is 17.1. The van der Waals surface area contributed by atoms with Crippen LogP contribution in [0.25, 0.3) is 0 Å². The molecular formula is C21H25ClN2O3. The van der Waals surface area contributed by atoms with Crippen molar-refractivity contribution < 1.29 is 14.3 Å². The second kappa shape index (κ2) is 10.1. The van der Waals surface area contributed by atoms with Crippen LogP contribution in [0.4, 0.5) is 0 Å². The maximum atomic E-state index is 12.7. The molecule has 0 spiro atoms. The largest absolute Gasteiger partial charge is 0.459 e. The number of carbonyl (C=O) groups is 2. The van der Waals surface area contributed by atoms with Gasteiger partial charge in [-0.1, -0.05) is 60.7 Å². The van der Waals surface area contributed by atoms with Crippen molar-refractivity contribution in [2.75, 3.05) is 6.54 Å². The molecule has 3 rings (SSSR count). The maximum Gasteiger partial charge on any atom is 0.329 e. The van der Waals surface area contributed by atoms with Crippen LogP contribution in [0.3, 0.4) is 0 Å². The topological polar surface area (TPSA) is 72.6 Å². The quantitative estimate of drug-likeness (QED) is 0.772.